The molecule has 0 amide bonds. The van der Waals surface area contributed by atoms with Gasteiger partial charge in [-0.05, 0) is 42.9 Å². The first-order valence-electron chi connectivity index (χ1n) is 5.37. The van der Waals surface area contributed by atoms with E-state index in [2.05, 4.69) is 16.9 Å². The minimum absolute atomic E-state index is 0.0873. The van der Waals surface area contributed by atoms with Crippen molar-refractivity contribution in [2.45, 2.75) is 30.7 Å². The van der Waals surface area contributed by atoms with E-state index in [-0.39, 0.29) is 9.95 Å². The molecule has 0 saturated carbocycles. The van der Waals surface area contributed by atoms with Crippen LogP contribution in [0.2, 0.25) is 5.02 Å². The van der Waals surface area contributed by atoms with E-state index in [9.17, 15) is 13.5 Å². The Balaban J connectivity index is 2.93. The lowest BCUT2D eigenvalue weighted by Crippen LogP contribution is -2.39. The Kier molecular flexibility index (Phi) is 5.52. The number of nitrogens with one attached hydrogen (secondary N) is 1. The lowest BCUT2D eigenvalue weighted by Gasteiger charge is -2.15. The van der Waals surface area contributed by atoms with E-state index in [4.69, 9.17) is 11.6 Å². The summed E-state index contributed by atoms with van der Waals surface area (Å²) in [5, 5.41) is 9.38. The predicted octanol–water partition coefficient (Wildman–Crippen LogP) is 2.67. The van der Waals surface area contributed by atoms with E-state index < -0.39 is 16.1 Å². The average molecular weight is 308 g/mol. The van der Waals surface area contributed by atoms with Crippen LogP contribution in [0.4, 0.5) is 0 Å². The van der Waals surface area contributed by atoms with Gasteiger partial charge in [-0.25, -0.2) is 8.42 Å². The molecule has 1 aromatic carbocycles. The van der Waals surface area contributed by atoms with Crippen LogP contribution in [0.5, 0.6) is 0 Å². The highest BCUT2D eigenvalue weighted by Crippen LogP contribution is 2.15. The molecule has 0 unspecified atom stereocenters. The molecule has 0 aliphatic rings. The van der Waals surface area contributed by atoms with Gasteiger partial charge in [0.05, 0.1) is 10.9 Å². The first-order valence-corrected chi connectivity index (χ1v) is 7.64. The van der Waals surface area contributed by atoms with E-state index in [1.165, 1.54) is 24.3 Å². The third kappa shape index (κ3) is 4.20. The maximum atomic E-state index is 12.0. The van der Waals surface area contributed by atoms with Crippen LogP contribution >= 0.6 is 23.8 Å². The van der Waals surface area contributed by atoms with Gasteiger partial charge in [-0.1, -0.05) is 24.9 Å². The summed E-state index contributed by atoms with van der Waals surface area (Å²) in [4.78, 5) is 0.0873. The van der Waals surface area contributed by atoms with Gasteiger partial charge in [0, 0.05) is 5.02 Å². The van der Waals surface area contributed by atoms with Crippen LogP contribution in [0.15, 0.2) is 29.2 Å². The Morgan fingerprint density at radius 2 is 2.00 bits per heavy atom. The summed E-state index contributed by atoms with van der Waals surface area (Å²) < 4.78 is 26.4. The highest BCUT2D eigenvalue weighted by Gasteiger charge is 2.22. The summed E-state index contributed by atoms with van der Waals surface area (Å²) in [6, 6.07) is 5.03. The predicted molar refractivity (Wildman–Crippen MR) is 75.7 cm³/mol. The molecule has 7 heteroatoms. The van der Waals surface area contributed by atoms with Crippen molar-refractivity contribution in [1.29, 1.82) is 0 Å². The third-order valence-electron chi connectivity index (χ3n) is 2.30. The van der Waals surface area contributed by atoms with Crippen molar-refractivity contribution in [2.75, 3.05) is 0 Å². The normalized spacial score (nSPS) is 13.2. The lowest BCUT2D eigenvalue weighted by molar-refractivity contribution is 0.497. The van der Waals surface area contributed by atoms with Gasteiger partial charge in [0.15, 0.2) is 5.05 Å². The van der Waals surface area contributed by atoms with Crippen molar-refractivity contribution in [3.8, 4) is 0 Å². The van der Waals surface area contributed by atoms with Gasteiger partial charge in [0.1, 0.15) is 0 Å². The molecule has 1 rings (SSSR count). The van der Waals surface area contributed by atoms with Crippen molar-refractivity contribution >= 4 is 38.9 Å². The summed E-state index contributed by atoms with van der Waals surface area (Å²) in [6.07, 6.45) is 1.15. The molecule has 0 fully saturated rings. The number of halogens is 1. The molecule has 0 heterocycles. The van der Waals surface area contributed by atoms with Crippen LogP contribution in [0, 0.1) is 0 Å². The number of aliphatic hydroxyl groups excluding tert-OH is 1. The number of hydrogen-bond acceptors (Lipinski definition) is 3. The molecule has 1 aromatic rings. The third-order valence-corrected chi connectivity index (χ3v) is 4.32. The molecule has 100 valence electrons. The molecule has 1 atom stereocenters. The van der Waals surface area contributed by atoms with Crippen LogP contribution in [0.1, 0.15) is 19.8 Å². The molecule has 18 heavy (non-hydrogen) atoms. The lowest BCUT2D eigenvalue weighted by atomic mass is 10.2. The van der Waals surface area contributed by atoms with Crippen LogP contribution in [-0.4, -0.2) is 24.6 Å². The molecule has 0 saturated heterocycles. The molecule has 0 bridgehead atoms. The molecule has 2 N–H and O–H groups in total. The summed E-state index contributed by atoms with van der Waals surface area (Å²) in [5.41, 5.74) is 0. The Morgan fingerprint density at radius 3 is 2.44 bits per heavy atom. The fraction of sp³-hybridized carbons (Fsp3) is 0.364. The zero-order valence-electron chi connectivity index (χ0n) is 9.76. The standard InChI is InChI=1S/C11H14ClNO3S2/c1-2-3-10(11(14)17)13-18(15,16)9-6-4-8(12)5-7-9/h4-7,10,13H,2-3H2,1H3,(H,14,17)/t10-/m0/s1. The molecule has 0 spiro atoms. The molecular weight excluding hydrogens is 294 g/mol. The zero-order valence-corrected chi connectivity index (χ0v) is 12.1. The van der Waals surface area contributed by atoms with Gasteiger partial charge >= 0.3 is 0 Å². The second-order valence-corrected chi connectivity index (χ2v) is 6.32. The Bertz CT molecular complexity index is 514. The van der Waals surface area contributed by atoms with Crippen LogP contribution in [0.25, 0.3) is 0 Å². The second-order valence-electron chi connectivity index (χ2n) is 3.75. The van der Waals surface area contributed by atoms with E-state index in [1.54, 1.807) is 0 Å². The minimum atomic E-state index is -3.70. The molecular formula is C11H14ClNO3S2. The maximum absolute atomic E-state index is 12.0. The number of sulfonamides is 1. The number of hydrogen-bond donors (Lipinski definition) is 2. The zero-order chi connectivity index (χ0) is 13.8. The summed E-state index contributed by atoms with van der Waals surface area (Å²) in [7, 11) is -3.70. The topological polar surface area (TPSA) is 66.4 Å². The van der Waals surface area contributed by atoms with Gasteiger partial charge in [-0.2, -0.15) is 4.72 Å². The van der Waals surface area contributed by atoms with Crippen molar-refractivity contribution in [2.24, 2.45) is 0 Å². The van der Waals surface area contributed by atoms with Gasteiger partial charge in [-0.15, -0.1) is 0 Å². The molecule has 0 aromatic heterocycles. The van der Waals surface area contributed by atoms with Crippen molar-refractivity contribution in [1.82, 2.24) is 4.72 Å². The van der Waals surface area contributed by atoms with Gasteiger partial charge in [0.25, 0.3) is 0 Å². The molecule has 4 nitrogen and oxygen atoms in total. The minimum Gasteiger partial charge on any atom is -0.501 e. The van der Waals surface area contributed by atoms with Crippen molar-refractivity contribution in [3.63, 3.8) is 0 Å². The van der Waals surface area contributed by atoms with Gasteiger partial charge in [-0.3, -0.25) is 0 Å². The first-order chi connectivity index (χ1) is 8.36. The molecule has 0 aliphatic heterocycles. The van der Waals surface area contributed by atoms with Crippen LogP contribution in [-0.2, 0) is 10.0 Å². The fourth-order valence-electron chi connectivity index (χ4n) is 1.39. The number of thiocarbonyl (C=S) groups is 1. The first kappa shape index (κ1) is 15.4. The Labute approximate surface area is 117 Å². The highest BCUT2D eigenvalue weighted by atomic mass is 35.5. The summed E-state index contributed by atoms with van der Waals surface area (Å²) in [6.45, 7) is 1.88. The van der Waals surface area contributed by atoms with E-state index in [0.29, 0.717) is 17.9 Å². The molecule has 0 aliphatic carbocycles. The van der Waals surface area contributed by atoms with Gasteiger partial charge < -0.3 is 5.11 Å². The number of rotatable bonds is 6. The number of benzene rings is 1. The number of aliphatic hydroxyl groups is 1. The van der Waals surface area contributed by atoms with E-state index >= 15 is 0 Å². The molecule has 0 radical (unpaired) electrons. The Hall–Kier alpha value is -0.690. The highest BCUT2D eigenvalue weighted by molar-refractivity contribution is 7.89. The average Bonchev–Trinajstić information content (AvgIpc) is 2.28. The monoisotopic (exact) mass is 307 g/mol. The van der Waals surface area contributed by atoms with Crippen molar-refractivity contribution in [3.05, 3.63) is 29.3 Å². The smallest absolute Gasteiger partial charge is 0.241 e. The van der Waals surface area contributed by atoms with Crippen LogP contribution in [0.3, 0.4) is 0 Å². The maximum Gasteiger partial charge on any atom is 0.241 e. The SMILES string of the molecule is CCC[C@H](NS(=O)(=O)c1ccc(Cl)cc1)C(O)=S. The quantitative estimate of drug-likeness (QED) is 0.793. The fourth-order valence-corrected chi connectivity index (χ4v) is 3.00. The summed E-state index contributed by atoms with van der Waals surface area (Å²) in [5.74, 6) is 0. The van der Waals surface area contributed by atoms with Gasteiger partial charge in [0.2, 0.25) is 10.0 Å². The second kappa shape index (κ2) is 6.47. The summed E-state index contributed by atoms with van der Waals surface area (Å²) >= 11 is 10.3. The van der Waals surface area contributed by atoms with Crippen LogP contribution < -0.4 is 4.72 Å². The van der Waals surface area contributed by atoms with E-state index in [1.807, 2.05) is 6.92 Å². The largest absolute Gasteiger partial charge is 0.501 e. The Morgan fingerprint density at radius 1 is 1.44 bits per heavy atom. The van der Waals surface area contributed by atoms with E-state index in [0.717, 1.165) is 0 Å². The van der Waals surface area contributed by atoms with Crippen molar-refractivity contribution < 1.29 is 13.5 Å².